The molecule has 0 spiro atoms. The second-order valence-electron chi connectivity index (χ2n) is 6.40. The summed E-state index contributed by atoms with van der Waals surface area (Å²) in [5, 5.41) is 15.5. The molecule has 0 aliphatic carbocycles. The van der Waals surface area contributed by atoms with Crippen LogP contribution in [0.5, 0.6) is 0 Å². The number of aliphatic hydroxyl groups is 1. The molecule has 0 bridgehead atoms. The van der Waals surface area contributed by atoms with Crippen molar-refractivity contribution in [2.24, 2.45) is 11.8 Å². The summed E-state index contributed by atoms with van der Waals surface area (Å²) < 4.78 is 0. The summed E-state index contributed by atoms with van der Waals surface area (Å²) in [7, 11) is 0. The van der Waals surface area contributed by atoms with Crippen LogP contribution < -0.4 is 10.6 Å². The Bertz CT molecular complexity index is 309. The maximum atomic E-state index is 11.9. The highest BCUT2D eigenvalue weighted by Gasteiger charge is 2.29. The maximum Gasteiger partial charge on any atom is 0.237 e. The first-order chi connectivity index (χ1) is 9.04. The summed E-state index contributed by atoms with van der Waals surface area (Å²) in [6.07, 6.45) is 1.34. The molecule has 19 heavy (non-hydrogen) atoms. The van der Waals surface area contributed by atoms with E-state index in [1.165, 1.54) is 6.42 Å². The van der Waals surface area contributed by atoms with E-state index >= 15 is 0 Å². The molecule has 0 aromatic carbocycles. The Morgan fingerprint density at radius 3 is 2.95 bits per heavy atom. The minimum absolute atomic E-state index is 0.0406. The molecule has 2 aliphatic heterocycles. The minimum Gasteiger partial charge on any atom is -0.392 e. The number of hydrogen-bond donors (Lipinski definition) is 3. The maximum absolute atomic E-state index is 11.9. The van der Waals surface area contributed by atoms with Crippen molar-refractivity contribution in [3.05, 3.63) is 0 Å². The van der Waals surface area contributed by atoms with Crippen LogP contribution >= 0.6 is 0 Å². The summed E-state index contributed by atoms with van der Waals surface area (Å²) in [4.78, 5) is 14.4. The first-order valence-electron chi connectivity index (χ1n) is 7.46. The van der Waals surface area contributed by atoms with Gasteiger partial charge in [-0.3, -0.25) is 4.79 Å². The summed E-state index contributed by atoms with van der Waals surface area (Å²) in [5.74, 6) is 1.32. The predicted molar refractivity (Wildman–Crippen MR) is 74.8 cm³/mol. The quantitative estimate of drug-likeness (QED) is 0.647. The number of rotatable bonds is 5. The summed E-state index contributed by atoms with van der Waals surface area (Å²) >= 11 is 0. The van der Waals surface area contributed by atoms with Crippen molar-refractivity contribution in [2.75, 3.05) is 32.7 Å². The Kier molecular flexibility index (Phi) is 5.19. The molecule has 1 amide bonds. The number of carbonyl (C=O) groups excluding carboxylic acids is 1. The van der Waals surface area contributed by atoms with Gasteiger partial charge in [0.2, 0.25) is 5.91 Å². The molecule has 0 radical (unpaired) electrons. The average molecular weight is 269 g/mol. The van der Waals surface area contributed by atoms with Gasteiger partial charge < -0.3 is 20.6 Å². The van der Waals surface area contributed by atoms with E-state index in [0.717, 1.165) is 26.2 Å². The Labute approximate surface area is 115 Å². The van der Waals surface area contributed by atoms with E-state index < -0.39 is 0 Å². The van der Waals surface area contributed by atoms with E-state index in [-0.39, 0.29) is 18.1 Å². The van der Waals surface area contributed by atoms with Gasteiger partial charge in [0, 0.05) is 26.2 Å². The van der Waals surface area contributed by atoms with Crippen LogP contribution in [0.3, 0.4) is 0 Å². The van der Waals surface area contributed by atoms with Crippen LogP contribution in [0.2, 0.25) is 0 Å². The minimum atomic E-state index is -0.372. The van der Waals surface area contributed by atoms with Gasteiger partial charge >= 0.3 is 0 Å². The third-order valence-electron chi connectivity index (χ3n) is 3.98. The zero-order valence-corrected chi connectivity index (χ0v) is 12.1. The average Bonchev–Trinajstić information content (AvgIpc) is 2.94. The van der Waals surface area contributed by atoms with E-state index in [0.29, 0.717) is 24.8 Å². The number of amides is 1. The van der Waals surface area contributed by atoms with Crippen molar-refractivity contribution in [3.8, 4) is 0 Å². The van der Waals surface area contributed by atoms with Crippen molar-refractivity contribution in [2.45, 2.75) is 38.8 Å². The third kappa shape index (κ3) is 4.44. The van der Waals surface area contributed by atoms with Gasteiger partial charge in [0.15, 0.2) is 0 Å². The van der Waals surface area contributed by atoms with Crippen molar-refractivity contribution in [1.29, 1.82) is 0 Å². The third-order valence-corrected chi connectivity index (χ3v) is 3.98. The van der Waals surface area contributed by atoms with Crippen LogP contribution in [-0.2, 0) is 4.79 Å². The molecule has 2 rings (SSSR count). The molecule has 2 saturated heterocycles. The summed E-state index contributed by atoms with van der Waals surface area (Å²) in [6.45, 7) is 9.18. The van der Waals surface area contributed by atoms with Gasteiger partial charge in [-0.15, -0.1) is 0 Å². The van der Waals surface area contributed by atoms with Crippen LogP contribution in [0, 0.1) is 11.8 Å². The van der Waals surface area contributed by atoms with Crippen LogP contribution in [0.15, 0.2) is 0 Å². The van der Waals surface area contributed by atoms with E-state index in [1.54, 1.807) is 0 Å². The molecule has 0 aromatic heterocycles. The largest absolute Gasteiger partial charge is 0.392 e. The van der Waals surface area contributed by atoms with Crippen molar-refractivity contribution >= 4 is 5.91 Å². The standard InChI is InChI=1S/C14H27N3O2/c1-10(2)8-17-4-3-11(9-17)6-16-14(19)13-5-12(18)7-15-13/h10-13,15,18H,3-9H2,1-2H3,(H,16,19). The highest BCUT2D eigenvalue weighted by molar-refractivity contribution is 5.82. The van der Waals surface area contributed by atoms with Gasteiger partial charge in [-0.05, 0) is 31.2 Å². The monoisotopic (exact) mass is 269 g/mol. The number of β-amino-alcohol motifs (C(OH)–C–C–N with tert-alkyl or cyclic N) is 1. The Morgan fingerprint density at radius 2 is 2.32 bits per heavy atom. The number of hydrogen-bond acceptors (Lipinski definition) is 4. The summed E-state index contributed by atoms with van der Waals surface area (Å²) in [6, 6.07) is -0.205. The fourth-order valence-corrected chi connectivity index (χ4v) is 3.05. The van der Waals surface area contributed by atoms with E-state index in [9.17, 15) is 9.90 Å². The molecular weight excluding hydrogens is 242 g/mol. The van der Waals surface area contributed by atoms with Crippen LogP contribution in [0.25, 0.3) is 0 Å². The van der Waals surface area contributed by atoms with Crippen LogP contribution in [-0.4, -0.2) is 60.8 Å². The zero-order valence-electron chi connectivity index (χ0n) is 12.1. The Morgan fingerprint density at radius 1 is 1.53 bits per heavy atom. The SMILES string of the molecule is CC(C)CN1CCC(CNC(=O)C2CC(O)CN2)C1. The molecule has 0 saturated carbocycles. The smallest absolute Gasteiger partial charge is 0.237 e. The first kappa shape index (κ1) is 14.8. The van der Waals surface area contributed by atoms with Gasteiger partial charge in [-0.1, -0.05) is 13.8 Å². The number of nitrogens with zero attached hydrogens (tertiary/aromatic N) is 1. The van der Waals surface area contributed by atoms with Gasteiger partial charge in [0.05, 0.1) is 12.1 Å². The van der Waals surface area contributed by atoms with E-state index in [4.69, 9.17) is 0 Å². The molecule has 3 atom stereocenters. The second kappa shape index (κ2) is 6.68. The predicted octanol–water partition coefficient (Wildman–Crippen LogP) is -0.197. The van der Waals surface area contributed by atoms with Crippen molar-refractivity contribution in [1.82, 2.24) is 15.5 Å². The zero-order chi connectivity index (χ0) is 13.8. The lowest BCUT2D eigenvalue weighted by molar-refractivity contribution is -0.123. The van der Waals surface area contributed by atoms with Crippen LogP contribution in [0.1, 0.15) is 26.7 Å². The fraction of sp³-hybridized carbons (Fsp3) is 0.929. The molecule has 5 heteroatoms. The fourth-order valence-electron chi connectivity index (χ4n) is 3.05. The molecule has 2 heterocycles. The molecule has 2 fully saturated rings. The normalized spacial score (nSPS) is 32.1. The van der Waals surface area contributed by atoms with Gasteiger partial charge in [0.1, 0.15) is 0 Å². The molecule has 5 nitrogen and oxygen atoms in total. The lowest BCUT2D eigenvalue weighted by atomic mass is 10.1. The summed E-state index contributed by atoms with van der Waals surface area (Å²) in [5.41, 5.74) is 0. The number of carbonyl (C=O) groups is 1. The van der Waals surface area contributed by atoms with E-state index in [1.807, 2.05) is 0 Å². The topological polar surface area (TPSA) is 64.6 Å². The number of aliphatic hydroxyl groups excluding tert-OH is 1. The molecular formula is C14H27N3O2. The Balaban J connectivity index is 1.65. The lowest BCUT2D eigenvalue weighted by Gasteiger charge is -2.18. The van der Waals surface area contributed by atoms with Crippen molar-refractivity contribution < 1.29 is 9.90 Å². The molecule has 2 aliphatic rings. The highest BCUT2D eigenvalue weighted by atomic mass is 16.3. The highest BCUT2D eigenvalue weighted by Crippen LogP contribution is 2.16. The van der Waals surface area contributed by atoms with Gasteiger partial charge in [-0.2, -0.15) is 0 Å². The lowest BCUT2D eigenvalue weighted by Crippen LogP contribution is -2.42. The van der Waals surface area contributed by atoms with Crippen LogP contribution in [0.4, 0.5) is 0 Å². The number of nitrogens with one attached hydrogen (secondary N) is 2. The van der Waals surface area contributed by atoms with Gasteiger partial charge in [0.25, 0.3) is 0 Å². The van der Waals surface area contributed by atoms with Crippen molar-refractivity contribution in [3.63, 3.8) is 0 Å². The van der Waals surface area contributed by atoms with E-state index in [2.05, 4.69) is 29.4 Å². The molecule has 3 unspecified atom stereocenters. The Hall–Kier alpha value is -0.650. The molecule has 110 valence electrons. The first-order valence-corrected chi connectivity index (χ1v) is 7.46. The molecule has 3 N–H and O–H groups in total. The second-order valence-corrected chi connectivity index (χ2v) is 6.40. The van der Waals surface area contributed by atoms with Gasteiger partial charge in [-0.25, -0.2) is 0 Å². The molecule has 0 aromatic rings. The number of likely N-dealkylation sites (tertiary alicyclic amines) is 1.